The Morgan fingerprint density at radius 2 is 2.26 bits per heavy atom. The molecule has 0 aliphatic carbocycles. The number of benzene rings is 1. The van der Waals surface area contributed by atoms with E-state index >= 15 is 0 Å². The van der Waals surface area contributed by atoms with Crippen molar-refractivity contribution in [2.24, 2.45) is 0 Å². The number of halogens is 2. The average molecular weight is 344 g/mol. The van der Waals surface area contributed by atoms with Crippen molar-refractivity contribution in [2.45, 2.75) is 31.8 Å². The van der Waals surface area contributed by atoms with Crippen molar-refractivity contribution in [3.05, 3.63) is 41.5 Å². The van der Waals surface area contributed by atoms with Gasteiger partial charge < -0.3 is 19.3 Å². The van der Waals surface area contributed by atoms with Gasteiger partial charge in [0.25, 0.3) is 0 Å². The van der Waals surface area contributed by atoms with Gasteiger partial charge in [0, 0.05) is 13.0 Å². The lowest BCUT2D eigenvalue weighted by atomic mass is 10.2. The topological polar surface area (TPSA) is 69.4 Å². The third-order valence-electron chi connectivity index (χ3n) is 3.49. The lowest BCUT2D eigenvalue weighted by molar-refractivity contribution is 0.0998. The molecule has 0 amide bonds. The van der Waals surface area contributed by atoms with Crippen LogP contribution in [0.25, 0.3) is 0 Å². The van der Waals surface area contributed by atoms with E-state index in [1.165, 1.54) is 0 Å². The van der Waals surface area contributed by atoms with Crippen molar-refractivity contribution in [1.82, 2.24) is 15.5 Å². The maximum Gasteiger partial charge on any atom is 0.243 e. The van der Waals surface area contributed by atoms with Crippen LogP contribution in [0.5, 0.6) is 5.75 Å². The van der Waals surface area contributed by atoms with E-state index in [0.29, 0.717) is 31.3 Å². The molecule has 6 nitrogen and oxygen atoms in total. The highest BCUT2D eigenvalue weighted by atomic mass is 35.5. The SMILES string of the molecule is COc1cccc(COCc2noc([C@H]3C[C@H](F)CN3)n2)c1.Cl. The molecule has 0 spiro atoms. The molecule has 2 atom stereocenters. The Kier molecular flexibility index (Phi) is 6.32. The molecule has 0 unspecified atom stereocenters. The molecule has 126 valence electrons. The Bertz CT molecular complexity index is 626. The Balaban J connectivity index is 0.00000192. The molecule has 2 aromatic rings. The van der Waals surface area contributed by atoms with E-state index < -0.39 is 6.17 Å². The second-order valence-electron chi connectivity index (χ2n) is 5.19. The first kappa shape index (κ1) is 17.7. The van der Waals surface area contributed by atoms with Gasteiger partial charge in [0.1, 0.15) is 18.5 Å². The van der Waals surface area contributed by atoms with Crippen LogP contribution < -0.4 is 10.1 Å². The van der Waals surface area contributed by atoms with E-state index in [4.69, 9.17) is 14.0 Å². The minimum absolute atomic E-state index is 0. The molecule has 0 radical (unpaired) electrons. The van der Waals surface area contributed by atoms with Crippen molar-refractivity contribution in [1.29, 1.82) is 0 Å². The standard InChI is InChI=1S/C15H18FN3O3.ClH/c1-20-12-4-2-3-10(5-12)8-21-9-14-18-15(22-19-14)13-6-11(16)7-17-13;/h2-5,11,13,17H,6-9H2,1H3;1H/t11-,13+;/m0./s1. The molecule has 1 aliphatic rings. The van der Waals surface area contributed by atoms with Crippen LogP contribution in [-0.2, 0) is 18.0 Å². The summed E-state index contributed by atoms with van der Waals surface area (Å²) in [7, 11) is 1.62. The smallest absolute Gasteiger partial charge is 0.243 e. The largest absolute Gasteiger partial charge is 0.497 e. The minimum Gasteiger partial charge on any atom is -0.497 e. The van der Waals surface area contributed by atoms with Gasteiger partial charge >= 0.3 is 0 Å². The summed E-state index contributed by atoms with van der Waals surface area (Å²) in [6.07, 6.45) is -0.489. The average Bonchev–Trinajstić information content (AvgIpc) is 3.16. The summed E-state index contributed by atoms with van der Waals surface area (Å²) in [5.41, 5.74) is 1.00. The maximum atomic E-state index is 13.1. The van der Waals surface area contributed by atoms with Gasteiger partial charge in [-0.05, 0) is 17.7 Å². The van der Waals surface area contributed by atoms with Crippen LogP contribution in [0.3, 0.4) is 0 Å². The van der Waals surface area contributed by atoms with Crippen LogP contribution in [0, 0.1) is 0 Å². The van der Waals surface area contributed by atoms with Crippen molar-refractivity contribution in [3.63, 3.8) is 0 Å². The monoisotopic (exact) mass is 343 g/mol. The molecule has 2 heterocycles. The van der Waals surface area contributed by atoms with Crippen LogP contribution in [-0.4, -0.2) is 30.0 Å². The molecule has 0 saturated carbocycles. The predicted octanol–water partition coefficient (Wildman–Crippen LogP) is 2.59. The lowest BCUT2D eigenvalue weighted by Crippen LogP contribution is -2.14. The van der Waals surface area contributed by atoms with E-state index in [0.717, 1.165) is 11.3 Å². The van der Waals surface area contributed by atoms with E-state index in [2.05, 4.69) is 15.5 Å². The van der Waals surface area contributed by atoms with Gasteiger partial charge in [-0.25, -0.2) is 4.39 Å². The molecule has 1 aromatic heterocycles. The Morgan fingerprint density at radius 3 is 3.00 bits per heavy atom. The lowest BCUT2D eigenvalue weighted by Gasteiger charge is -2.04. The van der Waals surface area contributed by atoms with Crippen LogP contribution >= 0.6 is 12.4 Å². The molecular formula is C15H19ClFN3O3. The quantitative estimate of drug-likeness (QED) is 0.869. The Morgan fingerprint density at radius 1 is 1.39 bits per heavy atom. The zero-order chi connectivity index (χ0) is 15.4. The molecule has 23 heavy (non-hydrogen) atoms. The molecule has 1 saturated heterocycles. The summed E-state index contributed by atoms with van der Waals surface area (Å²) in [5, 5.41) is 6.86. The first-order valence-corrected chi connectivity index (χ1v) is 7.15. The summed E-state index contributed by atoms with van der Waals surface area (Å²) >= 11 is 0. The van der Waals surface area contributed by atoms with E-state index in [9.17, 15) is 4.39 Å². The summed E-state index contributed by atoms with van der Waals surface area (Å²) in [6, 6.07) is 7.44. The second kappa shape index (κ2) is 8.24. The molecule has 3 rings (SSSR count). The number of aromatic nitrogens is 2. The summed E-state index contributed by atoms with van der Waals surface area (Å²) < 4.78 is 29.0. The minimum atomic E-state index is -0.857. The number of hydrogen-bond acceptors (Lipinski definition) is 6. The zero-order valence-corrected chi connectivity index (χ0v) is 13.5. The van der Waals surface area contributed by atoms with Gasteiger partial charge in [-0.2, -0.15) is 4.98 Å². The van der Waals surface area contributed by atoms with E-state index in [1.54, 1.807) is 7.11 Å². The van der Waals surface area contributed by atoms with Gasteiger partial charge in [0.05, 0.1) is 19.8 Å². The van der Waals surface area contributed by atoms with Crippen molar-refractivity contribution in [3.8, 4) is 5.75 Å². The summed E-state index contributed by atoms with van der Waals surface area (Å²) in [4.78, 5) is 4.23. The van der Waals surface area contributed by atoms with Gasteiger partial charge in [0.15, 0.2) is 5.82 Å². The van der Waals surface area contributed by atoms with Crippen molar-refractivity contribution in [2.75, 3.05) is 13.7 Å². The predicted molar refractivity (Wildman–Crippen MR) is 83.3 cm³/mol. The highest BCUT2D eigenvalue weighted by Gasteiger charge is 2.29. The molecule has 1 aliphatic heterocycles. The zero-order valence-electron chi connectivity index (χ0n) is 12.7. The summed E-state index contributed by atoms with van der Waals surface area (Å²) in [6.45, 7) is 0.997. The van der Waals surface area contributed by atoms with E-state index in [-0.39, 0.29) is 25.1 Å². The number of nitrogens with zero attached hydrogens (tertiary/aromatic N) is 2. The van der Waals surface area contributed by atoms with Crippen LogP contribution in [0.4, 0.5) is 4.39 Å². The number of hydrogen-bond donors (Lipinski definition) is 1. The molecule has 1 fully saturated rings. The molecule has 8 heteroatoms. The highest BCUT2D eigenvalue weighted by molar-refractivity contribution is 5.85. The fourth-order valence-corrected chi connectivity index (χ4v) is 2.37. The molecular weight excluding hydrogens is 325 g/mol. The number of rotatable bonds is 6. The van der Waals surface area contributed by atoms with Crippen LogP contribution in [0.15, 0.2) is 28.8 Å². The number of methoxy groups -OCH3 is 1. The normalized spacial score (nSPS) is 20.3. The summed E-state index contributed by atoms with van der Waals surface area (Å²) in [5.74, 6) is 1.66. The fourth-order valence-electron chi connectivity index (χ4n) is 2.37. The first-order chi connectivity index (χ1) is 10.7. The van der Waals surface area contributed by atoms with Gasteiger partial charge in [-0.1, -0.05) is 17.3 Å². The maximum absolute atomic E-state index is 13.1. The number of alkyl halides is 1. The van der Waals surface area contributed by atoms with Gasteiger partial charge in [0.2, 0.25) is 5.89 Å². The molecule has 1 N–H and O–H groups in total. The van der Waals surface area contributed by atoms with Crippen molar-refractivity contribution < 1.29 is 18.4 Å². The Hall–Kier alpha value is -1.70. The van der Waals surface area contributed by atoms with Gasteiger partial charge in [-0.3, -0.25) is 0 Å². The fraction of sp³-hybridized carbons (Fsp3) is 0.467. The Labute approximate surface area is 139 Å². The molecule has 0 bridgehead atoms. The molecule has 1 aromatic carbocycles. The third-order valence-corrected chi connectivity index (χ3v) is 3.49. The second-order valence-corrected chi connectivity index (χ2v) is 5.19. The van der Waals surface area contributed by atoms with Crippen LogP contribution in [0.1, 0.15) is 29.7 Å². The van der Waals surface area contributed by atoms with Crippen LogP contribution in [0.2, 0.25) is 0 Å². The highest BCUT2D eigenvalue weighted by Crippen LogP contribution is 2.23. The van der Waals surface area contributed by atoms with Crippen molar-refractivity contribution >= 4 is 12.4 Å². The van der Waals surface area contributed by atoms with E-state index in [1.807, 2.05) is 24.3 Å². The first-order valence-electron chi connectivity index (χ1n) is 7.15. The van der Waals surface area contributed by atoms with Gasteiger partial charge in [-0.15, -0.1) is 12.4 Å². The number of nitrogens with one attached hydrogen (secondary N) is 1. The number of ether oxygens (including phenoxy) is 2. The third kappa shape index (κ3) is 4.63.